The Bertz CT molecular complexity index is 695. The van der Waals surface area contributed by atoms with Gasteiger partial charge in [-0.05, 0) is 42.5 Å². The van der Waals surface area contributed by atoms with Gasteiger partial charge in [-0.2, -0.15) is 5.26 Å². The lowest BCUT2D eigenvalue weighted by Crippen LogP contribution is -1.82. The average molecular weight is 331 g/mol. The Morgan fingerprint density at radius 1 is 1.37 bits per heavy atom. The summed E-state index contributed by atoms with van der Waals surface area (Å²) in [5.74, 6) is 0. The maximum absolute atomic E-state index is 9.29. The highest BCUT2D eigenvalue weighted by molar-refractivity contribution is 9.10. The number of nitriles is 1. The predicted molar refractivity (Wildman–Crippen MR) is 82.5 cm³/mol. The van der Waals surface area contributed by atoms with Crippen molar-refractivity contribution in [2.24, 2.45) is 4.99 Å². The molecular weight excluding hydrogens is 320 g/mol. The monoisotopic (exact) mass is 330 g/mol. The predicted octanol–water partition coefficient (Wildman–Crippen LogP) is 4.62. The van der Waals surface area contributed by atoms with Crippen LogP contribution in [0.3, 0.4) is 0 Å². The standard InChI is InChI=1S/C15H11BrN2S/c16-11-4-1-3-10(7-11)9-18-15-13(8-17)12-5-2-6-14(12)19-15/h1,3-4,7,9H,2,5-6H2/b18-9+. The smallest absolute Gasteiger partial charge is 0.134 e. The maximum atomic E-state index is 9.29. The van der Waals surface area contributed by atoms with E-state index in [2.05, 4.69) is 27.0 Å². The fraction of sp³-hybridized carbons (Fsp3) is 0.200. The van der Waals surface area contributed by atoms with Crippen LogP contribution < -0.4 is 0 Å². The van der Waals surface area contributed by atoms with Crippen LogP contribution in [0, 0.1) is 11.3 Å². The van der Waals surface area contributed by atoms with E-state index in [0.29, 0.717) is 0 Å². The van der Waals surface area contributed by atoms with Gasteiger partial charge in [0, 0.05) is 15.6 Å². The molecule has 0 fully saturated rings. The minimum atomic E-state index is 0.781. The molecular formula is C15H11BrN2S. The molecule has 0 spiro atoms. The molecule has 1 aliphatic rings. The quantitative estimate of drug-likeness (QED) is 0.740. The van der Waals surface area contributed by atoms with Crippen molar-refractivity contribution in [2.75, 3.05) is 0 Å². The maximum Gasteiger partial charge on any atom is 0.134 e. The summed E-state index contributed by atoms with van der Waals surface area (Å²) in [7, 11) is 0. The topological polar surface area (TPSA) is 36.1 Å². The lowest BCUT2D eigenvalue weighted by molar-refractivity contribution is 0.913. The van der Waals surface area contributed by atoms with Crippen molar-refractivity contribution in [2.45, 2.75) is 19.3 Å². The molecule has 19 heavy (non-hydrogen) atoms. The SMILES string of the molecule is N#Cc1c(/N=C/c2cccc(Br)c2)sc2c1CCC2. The molecule has 0 saturated carbocycles. The van der Waals surface area contributed by atoms with Gasteiger partial charge in [0.1, 0.15) is 11.1 Å². The van der Waals surface area contributed by atoms with Crippen molar-refractivity contribution in [1.82, 2.24) is 0 Å². The van der Waals surface area contributed by atoms with Crippen LogP contribution in [0.25, 0.3) is 0 Å². The molecule has 2 nitrogen and oxygen atoms in total. The highest BCUT2D eigenvalue weighted by atomic mass is 79.9. The number of rotatable bonds is 2. The van der Waals surface area contributed by atoms with Crippen molar-refractivity contribution >= 4 is 38.5 Å². The second kappa shape index (κ2) is 5.28. The second-order valence-electron chi connectivity index (χ2n) is 4.46. The fourth-order valence-corrected chi connectivity index (χ4v) is 3.92. The summed E-state index contributed by atoms with van der Waals surface area (Å²) in [6.07, 6.45) is 5.13. The van der Waals surface area contributed by atoms with Crippen LogP contribution in [0.5, 0.6) is 0 Å². The van der Waals surface area contributed by atoms with Gasteiger partial charge in [0.15, 0.2) is 0 Å². The number of nitrogens with zero attached hydrogens (tertiary/aromatic N) is 2. The molecule has 0 amide bonds. The molecule has 1 aromatic heterocycles. The van der Waals surface area contributed by atoms with Crippen LogP contribution in [-0.2, 0) is 12.8 Å². The molecule has 94 valence electrons. The zero-order valence-corrected chi connectivity index (χ0v) is 12.6. The van der Waals surface area contributed by atoms with E-state index in [1.165, 1.54) is 16.9 Å². The van der Waals surface area contributed by atoms with Crippen LogP contribution in [0.4, 0.5) is 5.00 Å². The molecule has 0 aliphatic heterocycles. The Morgan fingerprint density at radius 2 is 2.26 bits per heavy atom. The summed E-state index contributed by atoms with van der Waals surface area (Å²) in [5, 5.41) is 10.1. The molecule has 0 atom stereocenters. The van der Waals surface area contributed by atoms with Gasteiger partial charge in [0.2, 0.25) is 0 Å². The molecule has 0 unspecified atom stereocenters. The number of hydrogen-bond acceptors (Lipinski definition) is 3. The van der Waals surface area contributed by atoms with Crippen LogP contribution in [-0.4, -0.2) is 6.21 Å². The Balaban J connectivity index is 1.94. The first-order chi connectivity index (χ1) is 9.28. The summed E-state index contributed by atoms with van der Waals surface area (Å²) < 4.78 is 1.03. The van der Waals surface area contributed by atoms with Crippen molar-refractivity contribution in [3.63, 3.8) is 0 Å². The lowest BCUT2D eigenvalue weighted by Gasteiger charge is -1.95. The summed E-state index contributed by atoms with van der Waals surface area (Å²) in [6, 6.07) is 10.3. The first-order valence-corrected chi connectivity index (χ1v) is 7.73. The van der Waals surface area contributed by atoms with Crippen LogP contribution >= 0.6 is 27.3 Å². The van der Waals surface area contributed by atoms with E-state index in [1.54, 1.807) is 11.3 Å². The van der Waals surface area contributed by atoms with Gasteiger partial charge < -0.3 is 0 Å². The summed E-state index contributed by atoms with van der Waals surface area (Å²) in [6.45, 7) is 0. The van der Waals surface area contributed by atoms with Crippen molar-refractivity contribution in [3.05, 3.63) is 50.3 Å². The van der Waals surface area contributed by atoms with Gasteiger partial charge >= 0.3 is 0 Å². The van der Waals surface area contributed by atoms with E-state index in [0.717, 1.165) is 33.4 Å². The average Bonchev–Trinajstić information content (AvgIpc) is 2.96. The third kappa shape index (κ3) is 2.49. The highest BCUT2D eigenvalue weighted by Crippen LogP contribution is 2.40. The molecule has 2 aromatic rings. The second-order valence-corrected chi connectivity index (χ2v) is 6.46. The minimum Gasteiger partial charge on any atom is -0.244 e. The first kappa shape index (κ1) is 12.6. The normalized spacial score (nSPS) is 13.7. The highest BCUT2D eigenvalue weighted by Gasteiger charge is 2.21. The van der Waals surface area contributed by atoms with E-state index in [9.17, 15) is 5.26 Å². The molecule has 1 heterocycles. The van der Waals surface area contributed by atoms with E-state index in [1.807, 2.05) is 30.5 Å². The Kier molecular flexibility index (Phi) is 3.50. The number of aryl methyl sites for hydroxylation is 1. The van der Waals surface area contributed by atoms with Crippen LogP contribution in [0.15, 0.2) is 33.7 Å². The van der Waals surface area contributed by atoms with Gasteiger partial charge in [-0.25, -0.2) is 4.99 Å². The number of halogens is 1. The third-order valence-electron chi connectivity index (χ3n) is 3.19. The summed E-state index contributed by atoms with van der Waals surface area (Å²) >= 11 is 5.11. The van der Waals surface area contributed by atoms with E-state index >= 15 is 0 Å². The number of fused-ring (bicyclic) bond motifs is 1. The summed E-state index contributed by atoms with van der Waals surface area (Å²) in [5.41, 5.74) is 3.05. The Hall–Kier alpha value is -1.44. The Morgan fingerprint density at radius 3 is 3.05 bits per heavy atom. The van der Waals surface area contributed by atoms with E-state index < -0.39 is 0 Å². The fourth-order valence-electron chi connectivity index (χ4n) is 2.32. The van der Waals surface area contributed by atoms with Gasteiger partial charge in [-0.15, -0.1) is 11.3 Å². The van der Waals surface area contributed by atoms with Crippen molar-refractivity contribution < 1.29 is 0 Å². The lowest BCUT2D eigenvalue weighted by atomic mass is 10.1. The van der Waals surface area contributed by atoms with E-state index in [4.69, 9.17) is 0 Å². The largest absolute Gasteiger partial charge is 0.244 e. The van der Waals surface area contributed by atoms with Crippen molar-refractivity contribution in [1.29, 1.82) is 5.26 Å². The molecule has 3 rings (SSSR count). The Labute approximate surface area is 124 Å². The summed E-state index contributed by atoms with van der Waals surface area (Å²) in [4.78, 5) is 5.85. The molecule has 4 heteroatoms. The van der Waals surface area contributed by atoms with Gasteiger partial charge in [-0.3, -0.25) is 0 Å². The first-order valence-electron chi connectivity index (χ1n) is 6.12. The van der Waals surface area contributed by atoms with Crippen LogP contribution in [0.2, 0.25) is 0 Å². The molecule has 0 N–H and O–H groups in total. The molecule has 0 saturated heterocycles. The zero-order chi connectivity index (χ0) is 13.2. The van der Waals surface area contributed by atoms with Gasteiger partial charge in [0.05, 0.1) is 5.56 Å². The molecule has 1 aliphatic carbocycles. The van der Waals surface area contributed by atoms with Crippen LogP contribution in [0.1, 0.15) is 28.0 Å². The molecule has 0 bridgehead atoms. The van der Waals surface area contributed by atoms with E-state index in [-0.39, 0.29) is 0 Å². The van der Waals surface area contributed by atoms with Crippen molar-refractivity contribution in [3.8, 4) is 6.07 Å². The van der Waals surface area contributed by atoms with Gasteiger partial charge in [0.25, 0.3) is 0 Å². The molecule has 0 radical (unpaired) electrons. The zero-order valence-electron chi connectivity index (χ0n) is 10.2. The minimum absolute atomic E-state index is 0.781. The number of thiophene rings is 1. The molecule has 1 aromatic carbocycles. The third-order valence-corrected chi connectivity index (χ3v) is 4.89. The number of hydrogen-bond donors (Lipinski definition) is 0. The number of aliphatic imine (C=N–C) groups is 1. The number of benzene rings is 1. The van der Waals surface area contributed by atoms with Gasteiger partial charge in [-0.1, -0.05) is 28.1 Å².